The van der Waals surface area contributed by atoms with Crippen LogP contribution in [0.2, 0.25) is 0 Å². The molecule has 320 valence electrons. The first-order valence-corrected chi connectivity index (χ1v) is 23.2. The summed E-state index contributed by atoms with van der Waals surface area (Å²) >= 11 is 0. The Morgan fingerprint density at radius 1 is 0.254 bits per heavy atom. The Kier molecular flexibility index (Phi) is 11.0. The third-order valence-electron chi connectivity index (χ3n) is 13.3. The van der Waals surface area contributed by atoms with Crippen LogP contribution in [0.3, 0.4) is 0 Å². The molecule has 0 radical (unpaired) electrons. The van der Waals surface area contributed by atoms with Gasteiger partial charge in [0, 0.05) is 33.5 Å². The normalized spacial score (nSPS) is 11.2. The number of hydrogen-bond acceptors (Lipinski definition) is 2. The molecule has 0 spiro atoms. The van der Waals surface area contributed by atoms with Gasteiger partial charge in [-0.1, -0.05) is 188 Å². The molecule has 0 aliphatic carbocycles. The summed E-state index contributed by atoms with van der Waals surface area (Å²) in [6.45, 7) is 6.77. The number of rotatable bonds is 10. The molecule has 0 heterocycles. The van der Waals surface area contributed by atoms with Crippen molar-refractivity contribution in [1.82, 2.24) is 0 Å². The lowest BCUT2D eigenvalue weighted by molar-refractivity contribution is 1.30. The lowest BCUT2D eigenvalue weighted by Crippen LogP contribution is -2.10. The Balaban J connectivity index is 0.856. The molecule has 0 amide bonds. The second kappa shape index (κ2) is 17.8. The quantitative estimate of drug-likeness (QED) is 0.135. The molecule has 0 aromatic heterocycles. The Morgan fingerprint density at radius 3 is 0.940 bits per heavy atom. The average molecular weight is 859 g/mol. The van der Waals surface area contributed by atoms with Gasteiger partial charge in [0.25, 0.3) is 0 Å². The first-order chi connectivity index (χ1) is 33.0. The van der Waals surface area contributed by atoms with Crippen LogP contribution < -0.4 is 9.80 Å². The Bertz CT molecular complexity index is 3260. The van der Waals surface area contributed by atoms with Gasteiger partial charge < -0.3 is 9.80 Å². The van der Waals surface area contributed by atoms with Gasteiger partial charge in [0.1, 0.15) is 0 Å². The summed E-state index contributed by atoms with van der Waals surface area (Å²) < 4.78 is 0. The van der Waals surface area contributed by atoms with Crippen molar-refractivity contribution < 1.29 is 0 Å². The molecule has 0 saturated carbocycles. The van der Waals surface area contributed by atoms with E-state index in [2.05, 4.69) is 279 Å². The number of nitrogens with zero attached hydrogens (tertiary/aromatic N) is 2. The number of para-hydroxylation sites is 2. The average Bonchev–Trinajstić information content (AvgIpc) is 3.38. The summed E-state index contributed by atoms with van der Waals surface area (Å²) in [5.74, 6) is 0. The van der Waals surface area contributed by atoms with Gasteiger partial charge in [0.05, 0.1) is 11.4 Å². The number of hydrogen-bond donors (Lipinski definition) is 0. The maximum absolute atomic E-state index is 2.36. The second-order valence-corrected chi connectivity index (χ2v) is 17.5. The monoisotopic (exact) mass is 858 g/mol. The van der Waals surface area contributed by atoms with E-state index in [4.69, 9.17) is 0 Å². The Hall–Kier alpha value is -8.46. The molecule has 2 nitrogen and oxygen atoms in total. The van der Waals surface area contributed by atoms with Crippen molar-refractivity contribution in [2.24, 2.45) is 0 Å². The Morgan fingerprint density at radius 2 is 0.552 bits per heavy atom. The van der Waals surface area contributed by atoms with Crippen LogP contribution in [0.15, 0.2) is 249 Å². The van der Waals surface area contributed by atoms with Crippen LogP contribution in [-0.2, 0) is 0 Å². The fourth-order valence-electron chi connectivity index (χ4n) is 10.2. The molecule has 0 bridgehead atoms. The van der Waals surface area contributed by atoms with Crippen LogP contribution in [0.1, 0.15) is 16.7 Å². The molecule has 0 aliphatic heterocycles. The Labute approximate surface area is 394 Å². The molecule has 67 heavy (non-hydrogen) atoms. The molecule has 0 N–H and O–H groups in total. The van der Waals surface area contributed by atoms with Gasteiger partial charge in [-0.05, 0) is 153 Å². The summed E-state index contributed by atoms with van der Waals surface area (Å²) in [5, 5.41) is 4.90. The molecule has 0 aliphatic rings. The molecule has 0 atom stereocenters. The summed E-state index contributed by atoms with van der Waals surface area (Å²) in [6, 6.07) is 90.1. The maximum atomic E-state index is 2.36. The molecule has 2 heteroatoms. The van der Waals surface area contributed by atoms with Crippen molar-refractivity contribution in [1.29, 1.82) is 0 Å². The van der Waals surface area contributed by atoms with Crippen LogP contribution in [0.4, 0.5) is 34.1 Å². The van der Waals surface area contributed by atoms with Crippen molar-refractivity contribution in [3.8, 4) is 44.5 Å². The number of benzene rings is 11. The van der Waals surface area contributed by atoms with E-state index in [1.807, 2.05) is 0 Å². The molecular weight excluding hydrogens is 809 g/mol. The van der Waals surface area contributed by atoms with Gasteiger partial charge >= 0.3 is 0 Å². The van der Waals surface area contributed by atoms with E-state index in [-0.39, 0.29) is 0 Å². The summed E-state index contributed by atoms with van der Waals surface area (Å²) in [5.41, 5.74) is 20.5. The standard InChI is InChI=1S/C65H50N2/c1-45-44-46(2)65(55-34-30-49(31-35-55)51-38-42-59(43-39-51)67(57-22-8-5-9-23-57)63-27-15-19-53-17-11-13-25-61(53)63)47(3)64(45)54-32-28-48(29-33-54)50-36-40-58(41-37-50)66(56-20-6-4-7-21-56)62-26-14-18-52-16-10-12-24-60(52)62/h4-44H,1-3H3. The van der Waals surface area contributed by atoms with Crippen molar-refractivity contribution >= 4 is 55.7 Å². The van der Waals surface area contributed by atoms with E-state index in [1.54, 1.807) is 0 Å². The minimum atomic E-state index is 1.12. The fraction of sp³-hybridized carbons (Fsp3) is 0.0462. The minimum Gasteiger partial charge on any atom is -0.310 e. The first kappa shape index (κ1) is 41.3. The predicted molar refractivity (Wildman–Crippen MR) is 287 cm³/mol. The van der Waals surface area contributed by atoms with Gasteiger partial charge in [-0.3, -0.25) is 0 Å². The maximum Gasteiger partial charge on any atom is 0.0540 e. The smallest absolute Gasteiger partial charge is 0.0540 e. The van der Waals surface area contributed by atoms with E-state index in [9.17, 15) is 0 Å². The predicted octanol–water partition coefficient (Wildman–Crippen LogP) is 18.5. The summed E-state index contributed by atoms with van der Waals surface area (Å²) in [6.07, 6.45) is 0. The molecule has 11 rings (SSSR count). The molecule has 11 aromatic rings. The van der Waals surface area contributed by atoms with Gasteiger partial charge in [-0.25, -0.2) is 0 Å². The molecule has 0 fully saturated rings. The molecule has 0 unspecified atom stereocenters. The van der Waals surface area contributed by atoms with Crippen molar-refractivity contribution in [3.05, 3.63) is 265 Å². The van der Waals surface area contributed by atoms with Gasteiger partial charge in [-0.15, -0.1) is 0 Å². The van der Waals surface area contributed by atoms with Gasteiger partial charge in [0.2, 0.25) is 0 Å². The zero-order chi connectivity index (χ0) is 45.3. The van der Waals surface area contributed by atoms with E-state index < -0.39 is 0 Å². The highest BCUT2D eigenvalue weighted by Gasteiger charge is 2.19. The van der Waals surface area contributed by atoms with Crippen LogP contribution >= 0.6 is 0 Å². The zero-order valence-corrected chi connectivity index (χ0v) is 38.1. The number of anilines is 6. The second-order valence-electron chi connectivity index (χ2n) is 17.5. The zero-order valence-electron chi connectivity index (χ0n) is 38.1. The molecule has 11 aromatic carbocycles. The van der Waals surface area contributed by atoms with E-state index in [0.717, 1.165) is 34.1 Å². The molecular formula is C65H50N2. The van der Waals surface area contributed by atoms with Gasteiger partial charge in [0.15, 0.2) is 0 Å². The summed E-state index contributed by atoms with van der Waals surface area (Å²) in [4.78, 5) is 4.71. The number of aryl methyl sites for hydroxylation is 2. The van der Waals surface area contributed by atoms with Crippen molar-refractivity contribution in [3.63, 3.8) is 0 Å². The van der Waals surface area contributed by atoms with Crippen molar-refractivity contribution in [2.75, 3.05) is 9.80 Å². The van der Waals surface area contributed by atoms with Crippen molar-refractivity contribution in [2.45, 2.75) is 20.8 Å². The molecule has 0 saturated heterocycles. The lowest BCUT2D eigenvalue weighted by atomic mass is 9.85. The topological polar surface area (TPSA) is 6.48 Å². The highest BCUT2D eigenvalue weighted by molar-refractivity contribution is 6.00. The van der Waals surface area contributed by atoms with Crippen LogP contribution in [0.5, 0.6) is 0 Å². The summed E-state index contributed by atoms with van der Waals surface area (Å²) in [7, 11) is 0. The fourth-order valence-corrected chi connectivity index (χ4v) is 10.2. The first-order valence-electron chi connectivity index (χ1n) is 23.2. The lowest BCUT2D eigenvalue weighted by Gasteiger charge is -2.27. The largest absolute Gasteiger partial charge is 0.310 e. The van der Waals surface area contributed by atoms with E-state index >= 15 is 0 Å². The minimum absolute atomic E-state index is 1.12. The van der Waals surface area contributed by atoms with E-state index in [0.29, 0.717) is 0 Å². The SMILES string of the molecule is Cc1cc(C)c(-c2ccc(-c3ccc(N(c4ccccc4)c4cccc5ccccc45)cc3)cc2)c(C)c1-c1ccc(-c2ccc(N(c3ccccc3)c3cccc4ccccc34)cc2)cc1. The third-order valence-corrected chi connectivity index (χ3v) is 13.3. The highest BCUT2D eigenvalue weighted by Crippen LogP contribution is 2.43. The van der Waals surface area contributed by atoms with Crippen LogP contribution in [0, 0.1) is 20.8 Å². The van der Waals surface area contributed by atoms with E-state index in [1.165, 1.54) is 82.7 Å². The van der Waals surface area contributed by atoms with Gasteiger partial charge in [-0.2, -0.15) is 0 Å². The highest BCUT2D eigenvalue weighted by atomic mass is 15.1. The number of fused-ring (bicyclic) bond motifs is 2. The van der Waals surface area contributed by atoms with Crippen LogP contribution in [-0.4, -0.2) is 0 Å². The third kappa shape index (κ3) is 7.94. The van der Waals surface area contributed by atoms with Crippen LogP contribution in [0.25, 0.3) is 66.1 Å².